The van der Waals surface area contributed by atoms with Gasteiger partial charge in [0.05, 0.1) is 29.2 Å². The first-order valence-electron chi connectivity index (χ1n) is 14.9. The second kappa shape index (κ2) is 11.0. The molecule has 4 heterocycles. The van der Waals surface area contributed by atoms with Crippen LogP contribution in [-0.2, 0) is 14.4 Å². The summed E-state index contributed by atoms with van der Waals surface area (Å²) in [4.78, 5) is 49.2. The molecule has 0 radical (unpaired) electrons. The number of hydrogen-bond donors (Lipinski definition) is 1. The predicted molar refractivity (Wildman–Crippen MR) is 167 cm³/mol. The molecule has 2 aromatic rings. The van der Waals surface area contributed by atoms with E-state index >= 15 is 0 Å². The highest BCUT2D eigenvalue weighted by molar-refractivity contribution is 8.02. The second-order valence-electron chi connectivity index (χ2n) is 12.4. The van der Waals surface area contributed by atoms with Gasteiger partial charge in [-0.3, -0.25) is 14.4 Å². The molecule has 4 aliphatic rings. The molecular formula is C34H39N3O4S. The monoisotopic (exact) mass is 585 g/mol. The number of anilines is 2. The van der Waals surface area contributed by atoms with Crippen LogP contribution < -0.4 is 9.80 Å². The maximum Gasteiger partial charge on any atom is 0.251 e. The van der Waals surface area contributed by atoms with E-state index in [1.165, 1.54) is 0 Å². The first-order valence-corrected chi connectivity index (χ1v) is 15.8. The van der Waals surface area contributed by atoms with Crippen molar-refractivity contribution in [3.8, 4) is 0 Å². The standard InChI is InChI=1S/C34H39N3O4S/c1-21(2)19-25(20-38)37-30-33(41)36(29-22(3)11-8-12-23(29)4)18-10-16-34(30)28(32(37)40)27-26(42-34)15-9-17-35(31(27)39)24-13-6-5-7-14-24/h5-16,21,25-28,30,38H,17-20H2,1-4H3/t25-,26-,27+,28+,30?,34+/m1/s1. The second-order valence-corrected chi connectivity index (χ2v) is 13.8. The molecule has 1 unspecified atom stereocenters. The molecular weight excluding hydrogens is 546 g/mol. The third-order valence-electron chi connectivity index (χ3n) is 9.22. The van der Waals surface area contributed by atoms with Crippen LogP contribution in [-0.4, -0.2) is 69.5 Å². The van der Waals surface area contributed by atoms with Gasteiger partial charge in [0.25, 0.3) is 5.91 Å². The molecule has 6 rings (SSSR count). The summed E-state index contributed by atoms with van der Waals surface area (Å²) in [6.07, 6.45) is 8.68. The summed E-state index contributed by atoms with van der Waals surface area (Å²) < 4.78 is -0.932. The first-order chi connectivity index (χ1) is 20.2. The van der Waals surface area contributed by atoms with E-state index in [2.05, 4.69) is 19.9 Å². The number of fused-ring (bicyclic) bond motifs is 2. The van der Waals surface area contributed by atoms with Gasteiger partial charge >= 0.3 is 0 Å². The van der Waals surface area contributed by atoms with Crippen molar-refractivity contribution in [2.75, 3.05) is 29.5 Å². The van der Waals surface area contributed by atoms with Crippen molar-refractivity contribution in [3.63, 3.8) is 0 Å². The number of amides is 3. The van der Waals surface area contributed by atoms with E-state index in [0.29, 0.717) is 19.5 Å². The quantitative estimate of drug-likeness (QED) is 0.505. The minimum atomic E-state index is -0.932. The van der Waals surface area contributed by atoms with Crippen LogP contribution in [0.2, 0.25) is 0 Å². The summed E-state index contributed by atoms with van der Waals surface area (Å²) in [5.74, 6) is -1.61. The summed E-state index contributed by atoms with van der Waals surface area (Å²) in [6.45, 7) is 8.67. The number of para-hydroxylation sites is 2. The topological polar surface area (TPSA) is 81.2 Å². The Kier molecular flexibility index (Phi) is 7.56. The zero-order valence-corrected chi connectivity index (χ0v) is 25.5. The number of benzene rings is 2. The molecule has 0 saturated carbocycles. The van der Waals surface area contributed by atoms with Crippen molar-refractivity contribution in [1.29, 1.82) is 0 Å². The Labute approximate surface area is 252 Å². The molecule has 7 nitrogen and oxygen atoms in total. The highest BCUT2D eigenvalue weighted by Gasteiger charge is 2.71. The van der Waals surface area contributed by atoms with Crippen molar-refractivity contribution in [3.05, 3.63) is 84.0 Å². The normalized spacial score (nSPS) is 29.5. The Morgan fingerprint density at radius 1 is 0.905 bits per heavy atom. The van der Waals surface area contributed by atoms with Crippen molar-refractivity contribution in [2.24, 2.45) is 17.8 Å². The minimum absolute atomic E-state index is 0.0966. The van der Waals surface area contributed by atoms with Gasteiger partial charge < -0.3 is 19.8 Å². The molecule has 0 aliphatic carbocycles. The fourth-order valence-electron chi connectivity index (χ4n) is 7.56. The number of likely N-dealkylation sites (tertiary alicyclic amines) is 1. The van der Waals surface area contributed by atoms with Gasteiger partial charge in [-0.1, -0.05) is 74.5 Å². The maximum atomic E-state index is 14.9. The zero-order chi connectivity index (χ0) is 29.8. The zero-order valence-electron chi connectivity index (χ0n) is 24.6. The van der Waals surface area contributed by atoms with E-state index in [-0.39, 0.29) is 35.5 Å². The van der Waals surface area contributed by atoms with Crippen LogP contribution >= 0.6 is 11.8 Å². The molecule has 2 saturated heterocycles. The molecule has 220 valence electrons. The van der Waals surface area contributed by atoms with E-state index in [1.54, 1.807) is 26.5 Å². The molecule has 6 atom stereocenters. The van der Waals surface area contributed by atoms with Crippen molar-refractivity contribution in [1.82, 2.24) is 4.90 Å². The summed E-state index contributed by atoms with van der Waals surface area (Å²) >= 11 is 1.58. The van der Waals surface area contributed by atoms with Gasteiger partial charge in [-0.15, -0.1) is 11.8 Å². The van der Waals surface area contributed by atoms with Crippen LogP contribution in [0.1, 0.15) is 31.4 Å². The van der Waals surface area contributed by atoms with Crippen molar-refractivity contribution < 1.29 is 19.5 Å². The Morgan fingerprint density at radius 3 is 2.26 bits per heavy atom. The number of aryl methyl sites for hydroxylation is 2. The fraction of sp³-hybridized carbons (Fsp3) is 0.441. The van der Waals surface area contributed by atoms with Crippen LogP contribution in [0.15, 0.2) is 72.8 Å². The molecule has 1 N–H and O–H groups in total. The van der Waals surface area contributed by atoms with Crippen LogP contribution in [0.25, 0.3) is 0 Å². The highest BCUT2D eigenvalue weighted by atomic mass is 32.2. The lowest BCUT2D eigenvalue weighted by Gasteiger charge is -2.39. The van der Waals surface area contributed by atoms with Crippen LogP contribution in [0.3, 0.4) is 0 Å². The third-order valence-corrected chi connectivity index (χ3v) is 11.0. The van der Waals surface area contributed by atoms with Gasteiger partial charge in [0.1, 0.15) is 6.04 Å². The van der Waals surface area contributed by atoms with E-state index in [0.717, 1.165) is 22.5 Å². The van der Waals surface area contributed by atoms with E-state index < -0.39 is 28.7 Å². The Bertz CT molecular complexity index is 1440. The summed E-state index contributed by atoms with van der Waals surface area (Å²) in [6, 6.07) is 14.2. The van der Waals surface area contributed by atoms with Crippen LogP contribution in [0, 0.1) is 31.6 Å². The van der Waals surface area contributed by atoms with Crippen LogP contribution in [0.4, 0.5) is 11.4 Å². The van der Waals surface area contributed by atoms with E-state index in [1.807, 2.05) is 80.6 Å². The van der Waals surface area contributed by atoms with Crippen LogP contribution in [0.5, 0.6) is 0 Å². The largest absolute Gasteiger partial charge is 0.394 e. The number of carbonyl (C=O) groups excluding carboxylic acids is 3. The minimum Gasteiger partial charge on any atom is -0.394 e. The highest BCUT2D eigenvalue weighted by Crippen LogP contribution is 2.61. The average Bonchev–Trinajstić information content (AvgIpc) is 3.28. The number of nitrogens with zero attached hydrogens (tertiary/aromatic N) is 3. The number of rotatable bonds is 6. The molecule has 0 aromatic heterocycles. The van der Waals surface area contributed by atoms with E-state index in [9.17, 15) is 19.5 Å². The predicted octanol–water partition coefficient (Wildman–Crippen LogP) is 4.51. The number of aliphatic hydroxyl groups excluding tert-OH is 1. The van der Waals surface area contributed by atoms with Gasteiger partial charge in [-0.2, -0.15) is 0 Å². The summed E-state index contributed by atoms with van der Waals surface area (Å²) in [5, 5.41) is 10.4. The Morgan fingerprint density at radius 2 is 1.60 bits per heavy atom. The third kappa shape index (κ3) is 4.42. The Balaban J connectivity index is 1.49. The lowest BCUT2D eigenvalue weighted by molar-refractivity contribution is -0.142. The fourth-order valence-corrected chi connectivity index (χ4v) is 9.56. The molecule has 3 amide bonds. The summed E-state index contributed by atoms with van der Waals surface area (Å²) in [7, 11) is 0. The molecule has 8 heteroatoms. The smallest absolute Gasteiger partial charge is 0.251 e. The van der Waals surface area contributed by atoms with Gasteiger partial charge in [0.15, 0.2) is 0 Å². The van der Waals surface area contributed by atoms with Gasteiger partial charge in [-0.25, -0.2) is 0 Å². The number of thioether (sulfide) groups is 1. The molecule has 2 fully saturated rings. The molecule has 2 aromatic carbocycles. The number of aliphatic hydroxyl groups is 1. The van der Waals surface area contributed by atoms with Gasteiger partial charge in [0.2, 0.25) is 11.8 Å². The first kappa shape index (κ1) is 28.7. The van der Waals surface area contributed by atoms with E-state index in [4.69, 9.17) is 0 Å². The maximum absolute atomic E-state index is 14.9. The van der Waals surface area contributed by atoms with Crippen molar-refractivity contribution in [2.45, 2.75) is 56.2 Å². The SMILES string of the molecule is Cc1cccc(C)c1N1CC=C[C@]23S[C@@H]4C=CCN(c5ccccc5)C(=O)[C@@H]4[C@H]2C(=O)N([C@@H](CO)CC(C)C)C3C1=O. The lowest BCUT2D eigenvalue weighted by atomic mass is 9.78. The lowest BCUT2D eigenvalue weighted by Crippen LogP contribution is -2.57. The average molecular weight is 586 g/mol. The van der Waals surface area contributed by atoms with Gasteiger partial charge in [0, 0.05) is 29.7 Å². The molecule has 1 spiro atoms. The number of carbonyl (C=O) groups is 3. The summed E-state index contributed by atoms with van der Waals surface area (Å²) in [5.41, 5.74) is 3.62. The number of hydrogen-bond acceptors (Lipinski definition) is 5. The Hall–Kier alpha value is -3.36. The van der Waals surface area contributed by atoms with Gasteiger partial charge in [-0.05, 0) is 49.4 Å². The van der Waals surface area contributed by atoms with Crippen molar-refractivity contribution >= 4 is 40.9 Å². The molecule has 42 heavy (non-hydrogen) atoms. The molecule has 0 bridgehead atoms. The molecule has 4 aliphatic heterocycles.